The summed E-state index contributed by atoms with van der Waals surface area (Å²) < 4.78 is 6.74. The van der Waals surface area contributed by atoms with Crippen molar-refractivity contribution in [2.24, 2.45) is 5.73 Å². The summed E-state index contributed by atoms with van der Waals surface area (Å²) in [6.07, 6.45) is 0.0776. The van der Waals surface area contributed by atoms with Gasteiger partial charge in [-0.15, -0.1) is 11.3 Å². The van der Waals surface area contributed by atoms with Gasteiger partial charge in [0.2, 0.25) is 11.8 Å². The Morgan fingerprint density at radius 3 is 2.86 bits per heavy atom. The highest BCUT2D eigenvalue weighted by atomic mass is 32.1. The molecule has 2 heterocycles. The van der Waals surface area contributed by atoms with E-state index in [4.69, 9.17) is 10.5 Å². The Bertz CT molecular complexity index is 1030. The van der Waals surface area contributed by atoms with E-state index >= 15 is 0 Å². The summed E-state index contributed by atoms with van der Waals surface area (Å²) in [6, 6.07) is 11.4. The quantitative estimate of drug-likeness (QED) is 0.704. The highest BCUT2D eigenvalue weighted by molar-refractivity contribution is 7.21. The van der Waals surface area contributed by atoms with Gasteiger partial charge in [-0.1, -0.05) is 12.1 Å². The van der Waals surface area contributed by atoms with Crippen LogP contribution in [0.1, 0.15) is 18.4 Å². The second-order valence-electron chi connectivity index (χ2n) is 6.60. The summed E-state index contributed by atoms with van der Waals surface area (Å²) >= 11 is 1.54. The Morgan fingerprint density at radius 1 is 1.25 bits per heavy atom. The molecule has 7 nitrogen and oxygen atoms in total. The maximum atomic E-state index is 12.4. The first-order valence-electron chi connectivity index (χ1n) is 8.92. The fraction of sp³-hybridized carbons (Fsp3) is 0.250. The monoisotopic (exact) mass is 397 g/mol. The first-order valence-corrected chi connectivity index (χ1v) is 9.73. The smallest absolute Gasteiger partial charge is 0.223 e. The number of hydrogen-bond acceptors (Lipinski definition) is 6. The minimum atomic E-state index is -0.504. The molecule has 144 valence electrons. The van der Waals surface area contributed by atoms with Crippen LogP contribution >= 0.6 is 11.3 Å². The van der Waals surface area contributed by atoms with E-state index in [0.717, 1.165) is 20.8 Å². The predicted octanol–water partition coefficient (Wildman–Crippen LogP) is 2.66. The van der Waals surface area contributed by atoms with E-state index in [1.54, 1.807) is 11.0 Å². The van der Waals surface area contributed by atoms with Crippen LogP contribution in [0.4, 0.5) is 0 Å². The van der Waals surface area contributed by atoms with Crippen LogP contribution in [-0.2, 0) is 16.1 Å². The lowest BCUT2D eigenvalue weighted by molar-refractivity contribution is -0.133. The Balaban J connectivity index is 1.65. The second kappa shape index (κ2) is 7.47. The zero-order valence-corrected chi connectivity index (χ0v) is 15.9. The third-order valence-electron chi connectivity index (χ3n) is 4.59. The maximum absolute atomic E-state index is 12.4. The zero-order valence-electron chi connectivity index (χ0n) is 15.1. The molecule has 1 aliphatic heterocycles. The number of primary amides is 1. The van der Waals surface area contributed by atoms with Crippen molar-refractivity contribution in [3.05, 3.63) is 42.0 Å². The van der Waals surface area contributed by atoms with Crippen molar-refractivity contribution < 1.29 is 19.4 Å². The zero-order chi connectivity index (χ0) is 19.7. The Labute approximate surface area is 165 Å². The lowest BCUT2D eigenvalue weighted by atomic mass is 10.1. The number of phenolic OH excluding ortho intramolecular Hbond substituents is 1. The fourth-order valence-corrected chi connectivity index (χ4v) is 4.17. The van der Waals surface area contributed by atoms with E-state index in [9.17, 15) is 14.7 Å². The maximum Gasteiger partial charge on any atom is 0.223 e. The molecule has 0 saturated heterocycles. The van der Waals surface area contributed by atoms with Gasteiger partial charge in [-0.25, -0.2) is 4.98 Å². The number of aromatic hydroxyl groups is 1. The van der Waals surface area contributed by atoms with E-state index in [0.29, 0.717) is 24.4 Å². The lowest BCUT2D eigenvalue weighted by Gasteiger charge is -2.19. The number of hydrogen-bond donors (Lipinski definition) is 2. The normalized spacial score (nSPS) is 13.6. The van der Waals surface area contributed by atoms with Crippen molar-refractivity contribution in [1.82, 2.24) is 9.88 Å². The minimum Gasteiger partial charge on any atom is -0.504 e. The van der Waals surface area contributed by atoms with Crippen LogP contribution < -0.4 is 10.5 Å². The van der Waals surface area contributed by atoms with E-state index in [2.05, 4.69) is 4.98 Å². The summed E-state index contributed by atoms with van der Waals surface area (Å²) in [5, 5.41) is 11.3. The molecule has 3 N–H and O–H groups in total. The number of phenols is 1. The molecule has 0 radical (unpaired) electrons. The molecular formula is C20H19N3O4S. The number of aromatic nitrogens is 1. The van der Waals surface area contributed by atoms with Gasteiger partial charge in [-0.3, -0.25) is 9.59 Å². The fourth-order valence-electron chi connectivity index (χ4n) is 3.22. The molecule has 0 atom stereocenters. The van der Waals surface area contributed by atoms with Crippen LogP contribution in [0.25, 0.3) is 20.8 Å². The van der Waals surface area contributed by atoms with Crippen LogP contribution in [0, 0.1) is 0 Å². The number of nitrogens with two attached hydrogens (primary N) is 1. The Hall–Kier alpha value is -3.13. The topological polar surface area (TPSA) is 106 Å². The molecule has 1 aromatic heterocycles. The van der Waals surface area contributed by atoms with Crippen LogP contribution in [-0.4, -0.2) is 40.0 Å². The molecule has 4 rings (SSSR count). The van der Waals surface area contributed by atoms with Gasteiger partial charge in [0, 0.05) is 30.5 Å². The predicted molar refractivity (Wildman–Crippen MR) is 106 cm³/mol. The van der Waals surface area contributed by atoms with Gasteiger partial charge in [0.25, 0.3) is 0 Å². The molecule has 3 aromatic rings. The van der Waals surface area contributed by atoms with E-state index in [1.807, 2.05) is 30.3 Å². The molecule has 8 heteroatoms. The number of rotatable bonds is 4. The van der Waals surface area contributed by atoms with Gasteiger partial charge < -0.3 is 20.5 Å². The van der Waals surface area contributed by atoms with Crippen molar-refractivity contribution in [2.45, 2.75) is 19.4 Å². The summed E-state index contributed by atoms with van der Waals surface area (Å²) in [4.78, 5) is 29.6. The van der Waals surface area contributed by atoms with Gasteiger partial charge in [0.15, 0.2) is 11.5 Å². The molecular weight excluding hydrogens is 378 g/mol. The number of thiazole rings is 1. The van der Waals surface area contributed by atoms with Gasteiger partial charge >= 0.3 is 0 Å². The van der Waals surface area contributed by atoms with E-state index in [1.165, 1.54) is 11.3 Å². The van der Waals surface area contributed by atoms with Crippen molar-refractivity contribution in [2.75, 3.05) is 13.2 Å². The lowest BCUT2D eigenvalue weighted by Crippen LogP contribution is -2.33. The van der Waals surface area contributed by atoms with Gasteiger partial charge in [-0.05, 0) is 24.3 Å². The van der Waals surface area contributed by atoms with Crippen molar-refractivity contribution >= 4 is 33.4 Å². The molecule has 0 aliphatic carbocycles. The molecule has 0 unspecified atom stereocenters. The number of fused-ring (bicyclic) bond motifs is 2. The van der Waals surface area contributed by atoms with Crippen LogP contribution in [0.3, 0.4) is 0 Å². The van der Waals surface area contributed by atoms with Crippen molar-refractivity contribution in [3.63, 3.8) is 0 Å². The molecule has 0 saturated carbocycles. The number of para-hydroxylation sites is 1. The SMILES string of the molecule is NC(=O)CCC(=O)N1CCOc2c(O)cc(-c3nc4ccccc4s3)cc2C1. The number of nitrogens with zero attached hydrogens (tertiary/aromatic N) is 2. The van der Waals surface area contributed by atoms with Crippen LogP contribution in [0.15, 0.2) is 36.4 Å². The van der Waals surface area contributed by atoms with Crippen LogP contribution in [0.5, 0.6) is 11.5 Å². The second-order valence-corrected chi connectivity index (χ2v) is 7.63. The van der Waals surface area contributed by atoms with E-state index < -0.39 is 5.91 Å². The third kappa shape index (κ3) is 3.63. The van der Waals surface area contributed by atoms with Gasteiger partial charge in [0.1, 0.15) is 11.6 Å². The number of carbonyl (C=O) groups excluding carboxylic acids is 2. The average Bonchev–Trinajstić information content (AvgIpc) is 2.99. The first kappa shape index (κ1) is 18.2. The summed E-state index contributed by atoms with van der Waals surface area (Å²) in [7, 11) is 0. The van der Waals surface area contributed by atoms with Crippen molar-refractivity contribution in [3.8, 4) is 22.1 Å². The largest absolute Gasteiger partial charge is 0.504 e. The molecule has 0 spiro atoms. The molecule has 1 aliphatic rings. The molecule has 2 amide bonds. The number of ether oxygens (including phenoxy) is 1. The van der Waals surface area contributed by atoms with Gasteiger partial charge in [-0.2, -0.15) is 0 Å². The Morgan fingerprint density at radius 2 is 2.07 bits per heavy atom. The summed E-state index contributed by atoms with van der Waals surface area (Å²) in [6.45, 7) is 0.935. The summed E-state index contributed by atoms with van der Waals surface area (Å²) in [5.41, 5.74) is 7.52. The Kier molecular flexibility index (Phi) is 4.87. The van der Waals surface area contributed by atoms with Crippen LogP contribution in [0.2, 0.25) is 0 Å². The van der Waals surface area contributed by atoms with Gasteiger partial charge in [0.05, 0.1) is 16.8 Å². The molecule has 0 fully saturated rings. The minimum absolute atomic E-state index is 0.0139. The average molecular weight is 397 g/mol. The number of amides is 2. The molecule has 2 aromatic carbocycles. The standard InChI is InChI=1S/C20H19N3O4S/c21-17(25)5-6-18(26)23-7-8-27-19-13(11-23)9-12(10-15(19)24)20-22-14-3-1-2-4-16(14)28-20/h1-4,9-10,24H,5-8,11H2,(H2,21,25). The first-order chi connectivity index (χ1) is 13.5. The third-order valence-corrected chi connectivity index (χ3v) is 5.68. The summed E-state index contributed by atoms with van der Waals surface area (Å²) in [5.74, 6) is -0.260. The molecule has 0 bridgehead atoms. The number of carbonyl (C=O) groups is 2. The number of benzene rings is 2. The highest BCUT2D eigenvalue weighted by Gasteiger charge is 2.23. The van der Waals surface area contributed by atoms with Crippen molar-refractivity contribution in [1.29, 1.82) is 0 Å². The van der Waals surface area contributed by atoms with E-state index in [-0.39, 0.29) is 31.1 Å². The molecule has 28 heavy (non-hydrogen) atoms. The highest BCUT2D eigenvalue weighted by Crippen LogP contribution is 2.39.